The molecular formula is C24H15N5O7. The SMILES string of the molecule is O=[N+]([O-])c1cc([N+](=O)[O-])c(O)c([N+](=O)[O-])c1.c1ccc(-c2ccnc3ccc4ncccc4c23)cc1. The van der Waals surface area contributed by atoms with Crippen LogP contribution in [-0.2, 0) is 0 Å². The Morgan fingerprint density at radius 1 is 0.667 bits per heavy atom. The lowest BCUT2D eigenvalue weighted by Crippen LogP contribution is -1.97. The smallest absolute Gasteiger partial charge is 0.324 e. The Hall–Kier alpha value is -5.52. The van der Waals surface area contributed by atoms with E-state index in [1.54, 1.807) is 0 Å². The van der Waals surface area contributed by atoms with Crippen LogP contribution in [0, 0.1) is 30.3 Å². The molecule has 0 aliphatic rings. The highest BCUT2D eigenvalue weighted by atomic mass is 16.6. The lowest BCUT2D eigenvalue weighted by molar-refractivity contribution is -0.404. The zero-order valence-electron chi connectivity index (χ0n) is 18.2. The molecule has 0 bridgehead atoms. The minimum Gasteiger partial charge on any atom is -0.497 e. The maximum atomic E-state index is 10.4. The molecule has 0 saturated carbocycles. The van der Waals surface area contributed by atoms with E-state index in [0.717, 1.165) is 16.4 Å². The molecule has 0 fully saturated rings. The van der Waals surface area contributed by atoms with Gasteiger partial charge in [0.2, 0.25) is 0 Å². The highest BCUT2D eigenvalue weighted by Gasteiger charge is 2.30. The van der Waals surface area contributed by atoms with Crippen LogP contribution in [0.3, 0.4) is 0 Å². The van der Waals surface area contributed by atoms with Crippen molar-refractivity contribution in [3.05, 3.63) is 116 Å². The topological polar surface area (TPSA) is 175 Å². The zero-order chi connectivity index (χ0) is 25.8. The van der Waals surface area contributed by atoms with E-state index in [1.807, 2.05) is 36.7 Å². The third kappa shape index (κ3) is 4.59. The molecule has 0 radical (unpaired) electrons. The van der Waals surface area contributed by atoms with Crippen LogP contribution in [-0.4, -0.2) is 29.8 Å². The molecule has 0 atom stereocenters. The number of rotatable bonds is 4. The Kier molecular flexibility index (Phi) is 6.41. The number of non-ortho nitro benzene ring substituents is 1. The van der Waals surface area contributed by atoms with Gasteiger partial charge in [-0.05, 0) is 35.4 Å². The maximum absolute atomic E-state index is 10.4. The fraction of sp³-hybridized carbons (Fsp3) is 0. The first-order valence-electron chi connectivity index (χ1n) is 10.3. The number of fused-ring (bicyclic) bond motifs is 3. The second kappa shape index (κ2) is 9.77. The number of phenolic OH excluding ortho intramolecular Hbond substituents is 1. The number of hydrogen-bond donors (Lipinski definition) is 1. The molecule has 2 heterocycles. The summed E-state index contributed by atoms with van der Waals surface area (Å²) in [5, 5.41) is 42.5. The van der Waals surface area contributed by atoms with Gasteiger partial charge in [-0.1, -0.05) is 36.4 Å². The summed E-state index contributed by atoms with van der Waals surface area (Å²) in [6.07, 6.45) is 3.69. The van der Waals surface area contributed by atoms with Crippen molar-refractivity contribution in [3.63, 3.8) is 0 Å². The van der Waals surface area contributed by atoms with Crippen molar-refractivity contribution in [2.24, 2.45) is 0 Å². The normalized spacial score (nSPS) is 10.4. The number of nitrogens with zero attached hydrogens (tertiary/aromatic N) is 5. The molecule has 0 spiro atoms. The summed E-state index contributed by atoms with van der Waals surface area (Å²) in [7, 11) is 0. The van der Waals surface area contributed by atoms with Gasteiger partial charge in [0.25, 0.3) is 11.4 Å². The molecule has 0 amide bonds. The van der Waals surface area contributed by atoms with Crippen molar-refractivity contribution in [1.82, 2.24) is 9.97 Å². The van der Waals surface area contributed by atoms with E-state index < -0.39 is 37.6 Å². The van der Waals surface area contributed by atoms with E-state index in [9.17, 15) is 30.3 Å². The standard InChI is InChI=1S/C18H12N2.C6H3N3O7/c1-2-5-13(6-3-1)14-10-12-20-17-9-8-16-15(18(14)17)7-4-11-19-16;10-6-4(8(13)14)1-3(7(11)12)2-5(6)9(15)16/h1-12H;1-2,10H. The molecule has 1 N–H and O–H groups in total. The molecule has 0 aliphatic carbocycles. The van der Waals surface area contributed by atoms with E-state index in [2.05, 4.69) is 46.4 Å². The molecule has 2 aromatic heterocycles. The van der Waals surface area contributed by atoms with E-state index in [-0.39, 0.29) is 0 Å². The van der Waals surface area contributed by atoms with Gasteiger partial charge in [-0.3, -0.25) is 40.3 Å². The molecule has 0 unspecified atom stereocenters. The summed E-state index contributed by atoms with van der Waals surface area (Å²) in [6.45, 7) is 0. The van der Waals surface area contributed by atoms with Crippen LogP contribution in [0.1, 0.15) is 0 Å². The number of phenols is 1. The first-order valence-corrected chi connectivity index (χ1v) is 10.3. The van der Waals surface area contributed by atoms with Crippen molar-refractivity contribution in [2.45, 2.75) is 0 Å². The van der Waals surface area contributed by atoms with Gasteiger partial charge >= 0.3 is 11.4 Å². The number of nitro groups is 3. The molecule has 12 nitrogen and oxygen atoms in total. The first-order chi connectivity index (χ1) is 17.3. The van der Waals surface area contributed by atoms with Crippen molar-refractivity contribution in [1.29, 1.82) is 0 Å². The summed E-state index contributed by atoms with van der Waals surface area (Å²) in [5.74, 6) is -1.21. The average molecular weight is 485 g/mol. The molecule has 3 aromatic carbocycles. The Balaban J connectivity index is 0.000000175. The summed E-state index contributed by atoms with van der Waals surface area (Å²) in [6, 6.07) is 21.5. The molecule has 0 saturated heterocycles. The van der Waals surface area contributed by atoms with Gasteiger partial charge in [0.1, 0.15) is 0 Å². The summed E-state index contributed by atoms with van der Waals surface area (Å²) < 4.78 is 0. The van der Waals surface area contributed by atoms with Crippen LogP contribution < -0.4 is 0 Å². The van der Waals surface area contributed by atoms with Gasteiger partial charge in [-0.2, -0.15) is 0 Å². The molecule has 178 valence electrons. The van der Waals surface area contributed by atoms with Crippen LogP contribution in [0.5, 0.6) is 5.75 Å². The van der Waals surface area contributed by atoms with E-state index in [0.29, 0.717) is 12.1 Å². The van der Waals surface area contributed by atoms with Crippen LogP contribution in [0.4, 0.5) is 17.1 Å². The zero-order valence-corrected chi connectivity index (χ0v) is 18.2. The second-order valence-electron chi connectivity index (χ2n) is 7.36. The summed E-state index contributed by atoms with van der Waals surface area (Å²) in [5.41, 5.74) is 1.42. The lowest BCUT2D eigenvalue weighted by atomic mass is 9.98. The van der Waals surface area contributed by atoms with Gasteiger partial charge in [-0.25, -0.2) is 0 Å². The molecule has 12 heteroatoms. The van der Waals surface area contributed by atoms with Gasteiger partial charge in [0, 0.05) is 23.2 Å². The summed E-state index contributed by atoms with van der Waals surface area (Å²) >= 11 is 0. The minimum absolute atomic E-state index is 0.447. The van der Waals surface area contributed by atoms with Crippen LogP contribution in [0.15, 0.2) is 85.2 Å². The fourth-order valence-electron chi connectivity index (χ4n) is 3.64. The number of pyridine rings is 2. The van der Waals surface area contributed by atoms with Gasteiger partial charge in [0.15, 0.2) is 0 Å². The molecule has 5 aromatic rings. The number of benzene rings is 3. The third-order valence-electron chi connectivity index (χ3n) is 5.23. The maximum Gasteiger partial charge on any atom is 0.324 e. The number of nitro benzene ring substituents is 3. The highest BCUT2D eigenvalue weighted by Crippen LogP contribution is 2.39. The second-order valence-corrected chi connectivity index (χ2v) is 7.36. The predicted molar refractivity (Wildman–Crippen MR) is 131 cm³/mol. The molecular weight excluding hydrogens is 470 g/mol. The van der Waals surface area contributed by atoms with Crippen molar-refractivity contribution in [2.75, 3.05) is 0 Å². The van der Waals surface area contributed by atoms with Crippen LogP contribution in [0.2, 0.25) is 0 Å². The van der Waals surface area contributed by atoms with Crippen molar-refractivity contribution in [3.8, 4) is 16.9 Å². The van der Waals surface area contributed by atoms with Crippen molar-refractivity contribution >= 4 is 38.9 Å². The average Bonchev–Trinajstić information content (AvgIpc) is 2.88. The van der Waals surface area contributed by atoms with E-state index in [1.165, 1.54) is 16.5 Å². The quantitative estimate of drug-likeness (QED) is 0.194. The fourth-order valence-corrected chi connectivity index (χ4v) is 3.64. The van der Waals surface area contributed by atoms with Gasteiger partial charge in [0.05, 0.1) is 37.9 Å². The molecule has 36 heavy (non-hydrogen) atoms. The van der Waals surface area contributed by atoms with Gasteiger partial charge < -0.3 is 5.11 Å². The Morgan fingerprint density at radius 3 is 1.89 bits per heavy atom. The number of hydrogen-bond acceptors (Lipinski definition) is 9. The van der Waals surface area contributed by atoms with Crippen LogP contribution in [0.25, 0.3) is 32.9 Å². The lowest BCUT2D eigenvalue weighted by Gasteiger charge is -2.09. The highest BCUT2D eigenvalue weighted by molar-refractivity contribution is 6.11. The van der Waals surface area contributed by atoms with Gasteiger partial charge in [-0.15, -0.1) is 0 Å². The molecule has 0 aliphatic heterocycles. The van der Waals surface area contributed by atoms with E-state index in [4.69, 9.17) is 5.11 Å². The van der Waals surface area contributed by atoms with E-state index >= 15 is 0 Å². The van der Waals surface area contributed by atoms with Crippen molar-refractivity contribution < 1.29 is 19.9 Å². The number of aromatic hydroxyl groups is 1. The Morgan fingerprint density at radius 2 is 1.28 bits per heavy atom. The first kappa shape index (κ1) is 23.6. The summed E-state index contributed by atoms with van der Waals surface area (Å²) in [4.78, 5) is 36.7. The minimum atomic E-state index is -1.21. The third-order valence-corrected chi connectivity index (χ3v) is 5.23. The monoisotopic (exact) mass is 485 g/mol. The molecule has 5 rings (SSSR count). The predicted octanol–water partition coefficient (Wildman–Crippen LogP) is 5.57. The van der Waals surface area contributed by atoms with Crippen LogP contribution >= 0.6 is 0 Å². The number of aromatic nitrogens is 2. The largest absolute Gasteiger partial charge is 0.497 e. The Labute approximate surface area is 201 Å². The Bertz CT molecular complexity index is 1610.